The summed E-state index contributed by atoms with van der Waals surface area (Å²) in [7, 11) is 5.03. The number of ether oxygens (including phenoxy) is 2. The van der Waals surface area contributed by atoms with Gasteiger partial charge in [0.25, 0.3) is 0 Å². The Morgan fingerprint density at radius 2 is 1.81 bits per heavy atom. The first-order valence-corrected chi connectivity index (χ1v) is 8.77. The lowest BCUT2D eigenvalue weighted by molar-refractivity contribution is -0.135. The third kappa shape index (κ3) is 4.18. The van der Waals surface area contributed by atoms with Crippen LogP contribution >= 0.6 is 0 Å². The van der Waals surface area contributed by atoms with Crippen LogP contribution in [0.2, 0.25) is 0 Å². The van der Waals surface area contributed by atoms with Crippen LogP contribution < -0.4 is 9.47 Å². The molecule has 0 aliphatic rings. The summed E-state index contributed by atoms with van der Waals surface area (Å²) in [6.45, 7) is 8.50. The van der Waals surface area contributed by atoms with E-state index in [2.05, 4.69) is 5.10 Å². The zero-order valence-corrected chi connectivity index (χ0v) is 16.7. The molecule has 0 saturated heterocycles. The molecule has 1 atom stereocenters. The molecule has 142 valence electrons. The highest BCUT2D eigenvalue weighted by atomic mass is 16.5. The highest BCUT2D eigenvalue weighted by Gasteiger charge is 2.29. The molecule has 0 aliphatic heterocycles. The van der Waals surface area contributed by atoms with Gasteiger partial charge in [-0.25, -0.2) is 0 Å². The molecule has 0 radical (unpaired) electrons. The van der Waals surface area contributed by atoms with Crippen molar-refractivity contribution in [3.63, 3.8) is 0 Å². The van der Waals surface area contributed by atoms with Crippen molar-refractivity contribution in [2.24, 2.45) is 5.92 Å². The number of hydrogen-bond donors (Lipinski definition) is 0. The summed E-state index contributed by atoms with van der Waals surface area (Å²) in [5.41, 5.74) is 2.90. The van der Waals surface area contributed by atoms with Crippen LogP contribution in [0.15, 0.2) is 24.3 Å². The molecule has 0 bridgehead atoms. The van der Waals surface area contributed by atoms with Crippen LogP contribution in [-0.4, -0.2) is 41.9 Å². The number of rotatable bonds is 7. The molecule has 0 fully saturated rings. The standard InChI is InChI=1S/C20H29N3O3/c1-13(2)19(23-15(4)10-14(3)21-23)20(24)22(5)12-16-8-9-17(25-6)18(11-16)26-7/h8-11,13,19H,12H2,1-7H3. The number of methoxy groups -OCH3 is 2. The summed E-state index contributed by atoms with van der Waals surface area (Å²) in [6, 6.07) is 7.37. The van der Waals surface area contributed by atoms with Gasteiger partial charge in [0.2, 0.25) is 5.91 Å². The van der Waals surface area contributed by atoms with E-state index in [9.17, 15) is 4.79 Å². The second-order valence-electron chi connectivity index (χ2n) is 6.94. The number of likely N-dealkylation sites (N-methyl/N-ethyl adjacent to an activating group) is 1. The number of hydrogen-bond acceptors (Lipinski definition) is 4. The summed E-state index contributed by atoms with van der Waals surface area (Å²) < 4.78 is 12.5. The SMILES string of the molecule is COc1ccc(CN(C)C(=O)C(C(C)C)n2nc(C)cc2C)cc1OC. The third-order valence-corrected chi connectivity index (χ3v) is 4.44. The van der Waals surface area contributed by atoms with Gasteiger partial charge in [0, 0.05) is 19.3 Å². The molecular weight excluding hydrogens is 330 g/mol. The lowest BCUT2D eigenvalue weighted by atomic mass is 10.0. The fourth-order valence-electron chi connectivity index (χ4n) is 3.16. The van der Waals surface area contributed by atoms with Gasteiger partial charge in [-0.3, -0.25) is 9.48 Å². The van der Waals surface area contributed by atoms with E-state index in [0.717, 1.165) is 17.0 Å². The van der Waals surface area contributed by atoms with Crippen LogP contribution in [0.25, 0.3) is 0 Å². The minimum absolute atomic E-state index is 0.0426. The third-order valence-electron chi connectivity index (χ3n) is 4.44. The van der Waals surface area contributed by atoms with Crippen molar-refractivity contribution in [3.05, 3.63) is 41.2 Å². The van der Waals surface area contributed by atoms with Gasteiger partial charge >= 0.3 is 0 Å². The van der Waals surface area contributed by atoms with E-state index in [0.29, 0.717) is 18.0 Å². The van der Waals surface area contributed by atoms with Crippen molar-refractivity contribution in [2.45, 2.75) is 40.3 Å². The van der Waals surface area contributed by atoms with Crippen LogP contribution in [-0.2, 0) is 11.3 Å². The Hall–Kier alpha value is -2.50. The van der Waals surface area contributed by atoms with Gasteiger partial charge in [0.05, 0.1) is 19.9 Å². The lowest BCUT2D eigenvalue weighted by Gasteiger charge is -2.27. The predicted molar refractivity (Wildman–Crippen MR) is 102 cm³/mol. The normalized spacial score (nSPS) is 12.2. The number of carbonyl (C=O) groups is 1. The van der Waals surface area contributed by atoms with Crippen molar-refractivity contribution < 1.29 is 14.3 Å². The Morgan fingerprint density at radius 1 is 1.15 bits per heavy atom. The monoisotopic (exact) mass is 359 g/mol. The van der Waals surface area contributed by atoms with Gasteiger partial charge < -0.3 is 14.4 Å². The Bertz CT molecular complexity index is 768. The zero-order chi connectivity index (χ0) is 19.4. The zero-order valence-electron chi connectivity index (χ0n) is 16.7. The number of aryl methyl sites for hydroxylation is 2. The maximum absolute atomic E-state index is 13.1. The van der Waals surface area contributed by atoms with E-state index in [4.69, 9.17) is 9.47 Å². The first-order valence-electron chi connectivity index (χ1n) is 8.77. The topological polar surface area (TPSA) is 56.6 Å². The van der Waals surface area contributed by atoms with E-state index < -0.39 is 0 Å². The van der Waals surface area contributed by atoms with Crippen molar-refractivity contribution >= 4 is 5.91 Å². The molecular formula is C20H29N3O3. The average molecular weight is 359 g/mol. The molecule has 1 heterocycles. The second-order valence-corrected chi connectivity index (χ2v) is 6.94. The Morgan fingerprint density at radius 3 is 2.31 bits per heavy atom. The van der Waals surface area contributed by atoms with Gasteiger partial charge in [0.1, 0.15) is 6.04 Å². The fraction of sp³-hybridized carbons (Fsp3) is 0.500. The lowest BCUT2D eigenvalue weighted by Crippen LogP contribution is -2.37. The summed E-state index contributed by atoms with van der Waals surface area (Å²) in [5.74, 6) is 1.51. The highest BCUT2D eigenvalue weighted by molar-refractivity contribution is 5.80. The molecule has 0 N–H and O–H groups in total. The molecule has 26 heavy (non-hydrogen) atoms. The molecule has 1 unspecified atom stereocenters. The number of amides is 1. The number of benzene rings is 1. The smallest absolute Gasteiger partial charge is 0.247 e. The number of aromatic nitrogens is 2. The maximum Gasteiger partial charge on any atom is 0.247 e. The van der Waals surface area contributed by atoms with Crippen LogP contribution in [0.4, 0.5) is 0 Å². The molecule has 2 aromatic rings. The Kier molecular flexibility index (Phi) is 6.29. The quantitative estimate of drug-likeness (QED) is 0.760. The molecule has 0 aliphatic carbocycles. The van der Waals surface area contributed by atoms with E-state index >= 15 is 0 Å². The van der Waals surface area contributed by atoms with Crippen molar-refractivity contribution in [3.8, 4) is 11.5 Å². The van der Waals surface area contributed by atoms with Crippen LogP contribution in [0.1, 0.15) is 36.8 Å². The molecule has 0 spiro atoms. The van der Waals surface area contributed by atoms with Crippen LogP contribution in [0, 0.1) is 19.8 Å². The van der Waals surface area contributed by atoms with Crippen molar-refractivity contribution in [2.75, 3.05) is 21.3 Å². The van der Waals surface area contributed by atoms with Crippen LogP contribution in [0.3, 0.4) is 0 Å². The summed E-state index contributed by atoms with van der Waals surface area (Å²) in [6.07, 6.45) is 0. The Balaban J connectivity index is 2.23. The maximum atomic E-state index is 13.1. The van der Waals surface area contributed by atoms with Crippen LogP contribution in [0.5, 0.6) is 11.5 Å². The summed E-state index contributed by atoms with van der Waals surface area (Å²) in [4.78, 5) is 14.9. The fourth-order valence-corrected chi connectivity index (χ4v) is 3.16. The average Bonchev–Trinajstić information content (AvgIpc) is 2.92. The van der Waals surface area contributed by atoms with Gasteiger partial charge in [-0.15, -0.1) is 0 Å². The first-order chi connectivity index (χ1) is 12.3. The molecule has 6 heteroatoms. The van der Waals surface area contributed by atoms with Gasteiger partial charge in [0.15, 0.2) is 11.5 Å². The molecule has 0 saturated carbocycles. The minimum Gasteiger partial charge on any atom is -0.493 e. The molecule has 1 amide bonds. The van der Waals surface area contributed by atoms with Crippen molar-refractivity contribution in [1.29, 1.82) is 0 Å². The van der Waals surface area contributed by atoms with Crippen molar-refractivity contribution in [1.82, 2.24) is 14.7 Å². The summed E-state index contributed by atoms with van der Waals surface area (Å²) in [5, 5.41) is 4.53. The van der Waals surface area contributed by atoms with Gasteiger partial charge in [-0.2, -0.15) is 5.10 Å². The highest BCUT2D eigenvalue weighted by Crippen LogP contribution is 2.29. The minimum atomic E-state index is -0.325. The van der Waals surface area contributed by atoms with E-state index in [-0.39, 0.29) is 17.9 Å². The van der Waals surface area contributed by atoms with E-state index in [1.54, 1.807) is 19.1 Å². The molecule has 2 rings (SSSR count). The summed E-state index contributed by atoms with van der Waals surface area (Å²) >= 11 is 0. The second kappa shape index (κ2) is 8.25. The van der Waals surface area contributed by atoms with Gasteiger partial charge in [-0.1, -0.05) is 19.9 Å². The molecule has 6 nitrogen and oxygen atoms in total. The number of carbonyl (C=O) groups excluding carboxylic acids is 1. The van der Waals surface area contributed by atoms with Gasteiger partial charge in [-0.05, 0) is 43.5 Å². The first kappa shape index (κ1) is 19.8. The largest absolute Gasteiger partial charge is 0.493 e. The van der Waals surface area contributed by atoms with E-state index in [1.807, 2.05) is 63.7 Å². The predicted octanol–water partition coefficient (Wildman–Crippen LogP) is 3.37. The molecule has 1 aromatic heterocycles. The molecule has 1 aromatic carbocycles. The number of nitrogens with zero attached hydrogens (tertiary/aromatic N) is 3. The Labute approximate surface area is 155 Å². The van der Waals surface area contributed by atoms with E-state index in [1.165, 1.54) is 0 Å².